The summed E-state index contributed by atoms with van der Waals surface area (Å²) in [4.78, 5) is 25.1. The molecule has 1 aliphatic carbocycles. The molecule has 1 aromatic rings. The molecular weight excluding hydrogens is 304 g/mol. The molecule has 2 rings (SSSR count). The number of fused-ring (bicyclic) bond motifs is 1. The van der Waals surface area contributed by atoms with Gasteiger partial charge in [0.05, 0.1) is 14.2 Å². The lowest BCUT2D eigenvalue weighted by atomic mass is 9.76. The minimum Gasteiger partial charge on any atom is -0.468 e. The van der Waals surface area contributed by atoms with Gasteiger partial charge in [0.2, 0.25) is 0 Å². The maximum absolute atomic E-state index is 12.5. The van der Waals surface area contributed by atoms with Crippen LogP contribution in [0.2, 0.25) is 0 Å². The van der Waals surface area contributed by atoms with E-state index < -0.39 is 17.4 Å². The van der Waals surface area contributed by atoms with Gasteiger partial charge in [0, 0.05) is 12.0 Å². The highest BCUT2D eigenvalue weighted by molar-refractivity contribution is 6.01. The summed E-state index contributed by atoms with van der Waals surface area (Å²) < 4.78 is 9.87. The van der Waals surface area contributed by atoms with E-state index in [1.54, 1.807) is 6.08 Å². The predicted octanol–water partition coefficient (Wildman–Crippen LogP) is 2.93. The van der Waals surface area contributed by atoms with E-state index in [-0.39, 0.29) is 12.8 Å². The molecular formula is C20H20O4. The SMILES string of the molecule is C=C1C#C/C(C)=C\CC(C(=O)OC)(C(=O)OC)Cc2ccccc21. The average Bonchev–Trinajstić information content (AvgIpc) is 2.61. The van der Waals surface area contributed by atoms with E-state index in [1.165, 1.54) is 14.2 Å². The fourth-order valence-corrected chi connectivity index (χ4v) is 2.77. The van der Waals surface area contributed by atoms with Crippen LogP contribution >= 0.6 is 0 Å². The third kappa shape index (κ3) is 3.26. The number of methoxy groups -OCH3 is 2. The van der Waals surface area contributed by atoms with Gasteiger partial charge in [-0.3, -0.25) is 9.59 Å². The van der Waals surface area contributed by atoms with Crippen molar-refractivity contribution in [2.24, 2.45) is 5.41 Å². The van der Waals surface area contributed by atoms with Crippen molar-refractivity contribution in [3.05, 3.63) is 53.6 Å². The summed E-state index contributed by atoms with van der Waals surface area (Å²) in [5.74, 6) is 4.79. The van der Waals surface area contributed by atoms with Crippen molar-refractivity contribution in [1.82, 2.24) is 0 Å². The van der Waals surface area contributed by atoms with Crippen LogP contribution in [-0.4, -0.2) is 26.2 Å². The van der Waals surface area contributed by atoms with Crippen LogP contribution in [0.5, 0.6) is 0 Å². The molecule has 124 valence electrons. The molecule has 0 unspecified atom stereocenters. The third-order valence-corrected chi connectivity index (χ3v) is 4.15. The van der Waals surface area contributed by atoms with Gasteiger partial charge in [-0.15, -0.1) is 0 Å². The van der Waals surface area contributed by atoms with Gasteiger partial charge < -0.3 is 9.47 Å². The summed E-state index contributed by atoms with van der Waals surface area (Å²) in [5, 5.41) is 0. The van der Waals surface area contributed by atoms with Gasteiger partial charge in [-0.1, -0.05) is 48.8 Å². The van der Waals surface area contributed by atoms with Crippen molar-refractivity contribution >= 4 is 17.5 Å². The first-order chi connectivity index (χ1) is 11.4. The highest BCUT2D eigenvalue weighted by Crippen LogP contribution is 2.34. The topological polar surface area (TPSA) is 52.6 Å². The molecule has 0 saturated carbocycles. The zero-order valence-corrected chi connectivity index (χ0v) is 14.1. The molecule has 1 aromatic carbocycles. The van der Waals surface area contributed by atoms with E-state index >= 15 is 0 Å². The van der Waals surface area contributed by atoms with Crippen molar-refractivity contribution in [2.75, 3.05) is 14.2 Å². The van der Waals surface area contributed by atoms with E-state index in [9.17, 15) is 9.59 Å². The average molecular weight is 324 g/mol. The first-order valence-corrected chi connectivity index (χ1v) is 7.57. The molecule has 0 bridgehead atoms. The van der Waals surface area contributed by atoms with E-state index in [1.807, 2.05) is 31.2 Å². The Bertz CT molecular complexity index is 758. The van der Waals surface area contributed by atoms with Gasteiger partial charge in [0.15, 0.2) is 5.41 Å². The van der Waals surface area contributed by atoms with E-state index in [2.05, 4.69) is 18.4 Å². The summed E-state index contributed by atoms with van der Waals surface area (Å²) >= 11 is 0. The highest BCUT2D eigenvalue weighted by Gasteiger charge is 2.48. The molecule has 1 aliphatic rings. The summed E-state index contributed by atoms with van der Waals surface area (Å²) in [6.07, 6.45) is 2.09. The number of allylic oxidation sites excluding steroid dienone is 3. The van der Waals surface area contributed by atoms with Crippen molar-refractivity contribution in [3.63, 3.8) is 0 Å². The molecule has 0 amide bonds. The number of hydrogen-bond donors (Lipinski definition) is 0. The van der Waals surface area contributed by atoms with Crippen LogP contribution in [0.4, 0.5) is 0 Å². The Morgan fingerprint density at radius 1 is 1.12 bits per heavy atom. The van der Waals surface area contributed by atoms with Crippen LogP contribution in [-0.2, 0) is 25.5 Å². The lowest BCUT2D eigenvalue weighted by Crippen LogP contribution is -2.43. The fraction of sp³-hybridized carbons (Fsp3) is 0.300. The normalized spacial score (nSPS) is 18.1. The molecule has 0 spiro atoms. The summed E-state index contributed by atoms with van der Waals surface area (Å²) in [7, 11) is 2.54. The quantitative estimate of drug-likeness (QED) is 0.477. The first kappa shape index (κ1) is 17.6. The van der Waals surface area contributed by atoms with E-state index in [4.69, 9.17) is 9.47 Å². The van der Waals surface area contributed by atoms with Crippen molar-refractivity contribution in [1.29, 1.82) is 0 Å². The maximum Gasteiger partial charge on any atom is 0.323 e. The van der Waals surface area contributed by atoms with Crippen molar-refractivity contribution in [2.45, 2.75) is 19.8 Å². The number of hydrogen-bond acceptors (Lipinski definition) is 4. The van der Waals surface area contributed by atoms with Gasteiger partial charge in [0.1, 0.15) is 0 Å². The lowest BCUT2D eigenvalue weighted by Gasteiger charge is -2.28. The molecule has 0 radical (unpaired) electrons. The smallest absolute Gasteiger partial charge is 0.323 e. The Morgan fingerprint density at radius 2 is 1.75 bits per heavy atom. The van der Waals surface area contributed by atoms with Crippen LogP contribution < -0.4 is 0 Å². The van der Waals surface area contributed by atoms with Crippen LogP contribution in [0.15, 0.2) is 42.5 Å². The first-order valence-electron chi connectivity index (χ1n) is 7.57. The molecule has 0 aromatic heterocycles. The van der Waals surface area contributed by atoms with E-state index in [0.29, 0.717) is 5.57 Å². The Kier molecular flexibility index (Phi) is 5.25. The number of esters is 2. The summed E-state index contributed by atoms with van der Waals surface area (Å²) in [6.45, 7) is 5.83. The van der Waals surface area contributed by atoms with E-state index in [0.717, 1.165) is 16.7 Å². The number of ether oxygens (including phenoxy) is 2. The van der Waals surface area contributed by atoms with Crippen LogP contribution in [0.25, 0.3) is 5.57 Å². The maximum atomic E-state index is 12.5. The lowest BCUT2D eigenvalue weighted by molar-refractivity contribution is -0.168. The van der Waals surface area contributed by atoms with Gasteiger partial charge in [-0.25, -0.2) is 0 Å². The molecule has 0 saturated heterocycles. The van der Waals surface area contributed by atoms with Gasteiger partial charge in [0.25, 0.3) is 0 Å². The number of carbonyl (C=O) groups excluding carboxylic acids is 2. The zero-order valence-electron chi connectivity index (χ0n) is 14.1. The number of benzene rings is 1. The Balaban J connectivity index is 2.71. The Morgan fingerprint density at radius 3 is 2.38 bits per heavy atom. The molecule has 4 nitrogen and oxygen atoms in total. The third-order valence-electron chi connectivity index (χ3n) is 4.15. The van der Waals surface area contributed by atoms with Crippen molar-refractivity contribution in [3.8, 4) is 11.8 Å². The Labute approximate surface area is 142 Å². The van der Waals surface area contributed by atoms with Gasteiger partial charge >= 0.3 is 11.9 Å². The van der Waals surface area contributed by atoms with Crippen LogP contribution in [0.3, 0.4) is 0 Å². The number of carbonyl (C=O) groups is 2. The monoisotopic (exact) mass is 324 g/mol. The molecule has 0 heterocycles. The minimum atomic E-state index is -1.44. The van der Waals surface area contributed by atoms with Gasteiger partial charge in [-0.05, 0) is 30.0 Å². The zero-order chi connectivity index (χ0) is 17.7. The molecule has 0 fully saturated rings. The molecule has 0 N–H and O–H groups in total. The standard InChI is InChI=1S/C20H20O4/c1-14-9-10-15(2)17-8-6-5-7-16(17)13-20(12-11-14,18(21)23-3)19(22)24-4/h5-8,11H,2,12-13H2,1,3-4H3/b14-11-. The second kappa shape index (κ2) is 7.18. The fourth-order valence-electron chi connectivity index (χ4n) is 2.77. The predicted molar refractivity (Wildman–Crippen MR) is 91.8 cm³/mol. The minimum absolute atomic E-state index is 0.160. The molecule has 24 heavy (non-hydrogen) atoms. The molecule has 4 heteroatoms. The number of rotatable bonds is 2. The highest BCUT2D eigenvalue weighted by atomic mass is 16.5. The summed E-state index contributed by atoms with van der Waals surface area (Å²) in [6, 6.07) is 7.47. The Hall–Kier alpha value is -2.80. The molecule has 0 aliphatic heterocycles. The summed E-state index contributed by atoms with van der Waals surface area (Å²) in [5.41, 5.74) is 1.58. The second-order valence-electron chi connectivity index (χ2n) is 5.72. The van der Waals surface area contributed by atoms with Gasteiger partial charge in [-0.2, -0.15) is 0 Å². The largest absolute Gasteiger partial charge is 0.468 e. The second-order valence-corrected chi connectivity index (χ2v) is 5.72. The van der Waals surface area contributed by atoms with Crippen LogP contribution in [0, 0.1) is 17.3 Å². The van der Waals surface area contributed by atoms with Crippen LogP contribution in [0.1, 0.15) is 24.5 Å². The van der Waals surface area contributed by atoms with Crippen molar-refractivity contribution < 1.29 is 19.1 Å². The molecule has 0 atom stereocenters.